The maximum Gasteiger partial charge on any atom is 0.237 e. The van der Waals surface area contributed by atoms with Gasteiger partial charge in [-0.1, -0.05) is 12.2 Å². The lowest BCUT2D eigenvalue weighted by molar-refractivity contribution is 0.298. The topological polar surface area (TPSA) is 43.4 Å². The molecule has 0 unspecified atom stereocenters. The number of thiocarbonyl (C=S) groups is 1. The van der Waals surface area contributed by atoms with Crippen LogP contribution in [0.4, 0.5) is 10.1 Å². The van der Waals surface area contributed by atoms with Crippen molar-refractivity contribution in [3.8, 4) is 0 Å². The van der Waals surface area contributed by atoms with Crippen molar-refractivity contribution in [2.75, 3.05) is 44.2 Å². The van der Waals surface area contributed by atoms with Gasteiger partial charge in [-0.3, -0.25) is 0 Å². The van der Waals surface area contributed by atoms with Crippen molar-refractivity contribution >= 4 is 22.9 Å². The van der Waals surface area contributed by atoms with Gasteiger partial charge in [0.15, 0.2) is 0 Å². The van der Waals surface area contributed by atoms with Crippen LogP contribution in [0.2, 0.25) is 0 Å². The van der Waals surface area contributed by atoms with Gasteiger partial charge in [0.25, 0.3) is 0 Å². The number of pyridine rings is 1. The number of hydrogen-bond donors (Lipinski definition) is 2. The van der Waals surface area contributed by atoms with E-state index < -0.39 is 5.95 Å². The van der Waals surface area contributed by atoms with Crippen molar-refractivity contribution < 1.29 is 4.39 Å². The average molecular weight is 309 g/mol. The molecule has 2 fully saturated rings. The molecule has 1 aromatic heterocycles. The molecular formula is C14H20FN5S. The van der Waals surface area contributed by atoms with E-state index in [1.54, 1.807) is 12.1 Å². The second-order valence-corrected chi connectivity index (χ2v) is 5.79. The average Bonchev–Trinajstić information content (AvgIpc) is 3.01. The van der Waals surface area contributed by atoms with E-state index >= 15 is 0 Å². The summed E-state index contributed by atoms with van der Waals surface area (Å²) in [5.41, 5.74) is 4.19. The highest BCUT2D eigenvalue weighted by molar-refractivity contribution is 7.80. The zero-order valence-corrected chi connectivity index (χ0v) is 12.8. The van der Waals surface area contributed by atoms with Crippen LogP contribution in [-0.2, 0) is 0 Å². The Bertz CT molecular complexity index is 512. The summed E-state index contributed by atoms with van der Waals surface area (Å²) in [6, 6.07) is 3.58. The summed E-state index contributed by atoms with van der Waals surface area (Å²) >= 11 is 5.31. The summed E-state index contributed by atoms with van der Waals surface area (Å²) in [5.74, 6) is -0.444. The minimum Gasteiger partial charge on any atom is -0.365 e. The Morgan fingerprint density at radius 3 is 2.57 bits per heavy atom. The van der Waals surface area contributed by atoms with Crippen LogP contribution >= 0.6 is 12.2 Å². The Morgan fingerprint density at radius 1 is 1.19 bits per heavy atom. The summed E-state index contributed by atoms with van der Waals surface area (Å²) in [4.78, 5) is 6.53. The lowest BCUT2D eigenvalue weighted by atomic mass is 10.2. The minimum absolute atomic E-state index is 0.444. The molecule has 0 aliphatic carbocycles. The first-order valence-electron chi connectivity index (χ1n) is 7.42. The molecule has 5 nitrogen and oxygen atoms in total. The third kappa shape index (κ3) is 3.48. The summed E-state index contributed by atoms with van der Waals surface area (Å²) in [6.07, 6.45) is 2.33. The zero-order valence-electron chi connectivity index (χ0n) is 11.9. The van der Waals surface area contributed by atoms with Crippen molar-refractivity contribution in [2.45, 2.75) is 12.8 Å². The fourth-order valence-electron chi connectivity index (χ4n) is 2.72. The Labute approximate surface area is 129 Å². The van der Waals surface area contributed by atoms with Gasteiger partial charge in [-0.25, -0.2) is 9.99 Å². The summed E-state index contributed by atoms with van der Waals surface area (Å²) in [7, 11) is 0. The molecule has 2 aliphatic heterocycles. The minimum atomic E-state index is -0.444. The van der Waals surface area contributed by atoms with Crippen molar-refractivity contribution in [3.63, 3.8) is 0 Å². The van der Waals surface area contributed by atoms with Gasteiger partial charge >= 0.3 is 0 Å². The molecule has 2 saturated heterocycles. The molecule has 0 saturated carbocycles. The fourth-order valence-corrected chi connectivity index (χ4v) is 2.97. The van der Waals surface area contributed by atoms with Gasteiger partial charge in [-0.05, 0) is 25.0 Å². The molecular weight excluding hydrogens is 289 g/mol. The Kier molecular flexibility index (Phi) is 4.62. The van der Waals surface area contributed by atoms with E-state index in [0.29, 0.717) is 16.4 Å². The lowest BCUT2D eigenvalue weighted by Crippen LogP contribution is -2.44. The van der Waals surface area contributed by atoms with E-state index in [-0.39, 0.29) is 0 Å². The highest BCUT2D eigenvalue weighted by atomic mass is 32.1. The summed E-state index contributed by atoms with van der Waals surface area (Å²) in [6.45, 7) is 5.29. The van der Waals surface area contributed by atoms with E-state index in [1.165, 1.54) is 12.8 Å². The monoisotopic (exact) mass is 309 g/mol. The molecule has 0 amide bonds. The first kappa shape index (κ1) is 14.6. The highest BCUT2D eigenvalue weighted by Gasteiger charge is 2.18. The Hall–Kier alpha value is -1.31. The predicted octanol–water partition coefficient (Wildman–Crippen LogP) is 0.906. The third-order valence-corrected chi connectivity index (χ3v) is 4.19. The lowest BCUT2D eigenvalue weighted by Gasteiger charge is -2.29. The first-order chi connectivity index (χ1) is 10.2. The first-order valence-corrected chi connectivity index (χ1v) is 7.83. The van der Waals surface area contributed by atoms with E-state index in [4.69, 9.17) is 12.2 Å². The molecule has 0 radical (unpaired) electrons. The second-order valence-electron chi connectivity index (χ2n) is 5.38. The Morgan fingerprint density at radius 2 is 1.90 bits per heavy atom. The van der Waals surface area contributed by atoms with Crippen molar-refractivity contribution in [3.05, 3.63) is 23.8 Å². The fraction of sp³-hybridized carbons (Fsp3) is 0.571. The van der Waals surface area contributed by atoms with Gasteiger partial charge < -0.3 is 15.6 Å². The highest BCUT2D eigenvalue weighted by Crippen LogP contribution is 2.18. The quantitative estimate of drug-likeness (QED) is 0.639. The number of piperazine rings is 1. The molecule has 0 spiro atoms. The van der Waals surface area contributed by atoms with Crippen molar-refractivity contribution in [1.29, 1.82) is 0 Å². The van der Waals surface area contributed by atoms with E-state index in [9.17, 15) is 4.39 Å². The number of nitrogens with zero attached hydrogens (tertiary/aromatic N) is 3. The van der Waals surface area contributed by atoms with E-state index in [0.717, 1.165) is 39.3 Å². The van der Waals surface area contributed by atoms with Crippen LogP contribution in [0.25, 0.3) is 0 Å². The molecule has 3 rings (SSSR count). The maximum absolute atomic E-state index is 14.2. The zero-order chi connectivity index (χ0) is 14.7. The molecule has 0 atom stereocenters. The van der Waals surface area contributed by atoms with Gasteiger partial charge in [-0.2, -0.15) is 4.39 Å². The van der Waals surface area contributed by atoms with Crippen LogP contribution in [0, 0.1) is 5.95 Å². The van der Waals surface area contributed by atoms with Gasteiger partial charge in [0, 0.05) is 39.3 Å². The summed E-state index contributed by atoms with van der Waals surface area (Å²) in [5, 5.41) is 5.31. The van der Waals surface area contributed by atoms with Gasteiger partial charge in [-0.15, -0.1) is 0 Å². The van der Waals surface area contributed by atoms with Crippen LogP contribution in [0.1, 0.15) is 18.5 Å². The Balaban J connectivity index is 1.69. The predicted molar refractivity (Wildman–Crippen MR) is 84.9 cm³/mol. The van der Waals surface area contributed by atoms with Crippen LogP contribution in [0.3, 0.4) is 0 Å². The number of hydrazine groups is 1. The van der Waals surface area contributed by atoms with Crippen LogP contribution in [0.15, 0.2) is 12.1 Å². The number of anilines is 1. The molecule has 0 bridgehead atoms. The van der Waals surface area contributed by atoms with E-state index in [1.807, 2.05) is 4.90 Å². The third-order valence-electron chi connectivity index (χ3n) is 3.89. The number of halogens is 1. The van der Waals surface area contributed by atoms with Gasteiger partial charge in [0.1, 0.15) is 10.7 Å². The molecule has 1 aromatic rings. The second kappa shape index (κ2) is 6.64. The molecule has 114 valence electrons. The molecule has 2 N–H and O–H groups in total. The molecule has 2 aliphatic rings. The molecule has 7 heteroatoms. The number of nitrogens with one attached hydrogen (secondary N) is 2. The van der Waals surface area contributed by atoms with Crippen LogP contribution in [-0.4, -0.2) is 54.2 Å². The number of hydrogen-bond acceptors (Lipinski definition) is 5. The van der Waals surface area contributed by atoms with E-state index in [2.05, 4.69) is 20.7 Å². The molecule has 3 heterocycles. The van der Waals surface area contributed by atoms with Crippen molar-refractivity contribution in [2.24, 2.45) is 0 Å². The maximum atomic E-state index is 14.2. The number of aromatic nitrogens is 1. The SMILES string of the molecule is Fc1nc(C(=S)NN2CCCC2)ccc1N1CCNCC1. The van der Waals surface area contributed by atoms with Gasteiger partial charge in [0.05, 0.1) is 5.69 Å². The van der Waals surface area contributed by atoms with Crippen molar-refractivity contribution in [1.82, 2.24) is 20.7 Å². The molecule has 0 aromatic carbocycles. The normalized spacial score (nSPS) is 19.8. The number of rotatable bonds is 3. The van der Waals surface area contributed by atoms with Crippen LogP contribution < -0.4 is 15.6 Å². The summed E-state index contributed by atoms with van der Waals surface area (Å²) < 4.78 is 14.2. The van der Waals surface area contributed by atoms with Gasteiger partial charge in [0.2, 0.25) is 5.95 Å². The van der Waals surface area contributed by atoms with Crippen LogP contribution in [0.5, 0.6) is 0 Å². The standard InChI is InChI=1S/C14H20FN5S/c15-13-12(19-9-5-16-6-10-19)4-3-11(17-13)14(21)18-20-7-1-2-8-20/h3-4,16H,1-2,5-10H2,(H,18,21). The molecule has 21 heavy (non-hydrogen) atoms. The largest absolute Gasteiger partial charge is 0.365 e. The smallest absolute Gasteiger partial charge is 0.237 e.